The average Bonchev–Trinajstić information content (AvgIpc) is 2.85. The second kappa shape index (κ2) is 6.96. The van der Waals surface area contributed by atoms with Gasteiger partial charge in [0.25, 0.3) is 0 Å². The first-order valence-corrected chi connectivity index (χ1v) is 7.99. The van der Waals surface area contributed by atoms with E-state index in [1.54, 1.807) is 0 Å². The monoisotopic (exact) mass is 314 g/mol. The number of hydrogen-bond donors (Lipinski definition) is 2. The third kappa shape index (κ3) is 3.99. The molecule has 1 heterocycles. The van der Waals surface area contributed by atoms with Crippen molar-refractivity contribution >= 4 is 5.91 Å². The van der Waals surface area contributed by atoms with E-state index in [4.69, 9.17) is 5.73 Å². The zero-order chi connectivity index (χ0) is 17.1. The molecule has 0 spiro atoms. The van der Waals surface area contributed by atoms with E-state index in [0.29, 0.717) is 0 Å². The van der Waals surface area contributed by atoms with E-state index in [9.17, 15) is 4.79 Å². The fourth-order valence-electron chi connectivity index (χ4n) is 2.46. The van der Waals surface area contributed by atoms with Crippen molar-refractivity contribution in [2.24, 2.45) is 11.7 Å². The smallest absolute Gasteiger partial charge is 0.224 e. The number of carbonyl (C=O) groups excluding carboxylic acids is 1. The lowest BCUT2D eigenvalue weighted by Crippen LogP contribution is -2.39. The highest BCUT2D eigenvalue weighted by Gasteiger charge is 2.19. The van der Waals surface area contributed by atoms with Gasteiger partial charge in [-0.1, -0.05) is 19.1 Å². The van der Waals surface area contributed by atoms with Crippen LogP contribution in [0.2, 0.25) is 0 Å². The average molecular weight is 314 g/mol. The van der Waals surface area contributed by atoms with E-state index in [-0.39, 0.29) is 23.9 Å². The summed E-state index contributed by atoms with van der Waals surface area (Å²) < 4.78 is 1.92. The van der Waals surface area contributed by atoms with Crippen LogP contribution in [0, 0.1) is 19.8 Å². The summed E-state index contributed by atoms with van der Waals surface area (Å²) in [6.07, 6.45) is 0. The quantitative estimate of drug-likeness (QED) is 0.891. The fourth-order valence-corrected chi connectivity index (χ4v) is 2.46. The van der Waals surface area contributed by atoms with Crippen LogP contribution in [-0.4, -0.2) is 21.7 Å². The van der Waals surface area contributed by atoms with Crippen molar-refractivity contribution < 1.29 is 4.79 Å². The molecule has 1 amide bonds. The molecule has 1 aromatic carbocycles. The maximum atomic E-state index is 12.1. The van der Waals surface area contributed by atoms with Crippen LogP contribution in [0.15, 0.2) is 30.3 Å². The number of nitrogens with one attached hydrogen (secondary N) is 1. The highest BCUT2D eigenvalue weighted by molar-refractivity contribution is 5.79. The number of carbonyl (C=O) groups is 1. The van der Waals surface area contributed by atoms with Gasteiger partial charge in [0.15, 0.2) is 0 Å². The molecule has 0 bridgehead atoms. The highest BCUT2D eigenvalue weighted by atomic mass is 16.1. The van der Waals surface area contributed by atoms with Crippen LogP contribution in [0.3, 0.4) is 0 Å². The van der Waals surface area contributed by atoms with Gasteiger partial charge in [0.1, 0.15) is 0 Å². The first-order chi connectivity index (χ1) is 10.8. The fraction of sp³-hybridized carbons (Fsp3) is 0.444. The van der Waals surface area contributed by atoms with Crippen molar-refractivity contribution in [1.29, 1.82) is 0 Å². The first-order valence-electron chi connectivity index (χ1n) is 7.99. The number of hydrogen-bond acceptors (Lipinski definition) is 3. The van der Waals surface area contributed by atoms with Crippen molar-refractivity contribution in [2.75, 3.05) is 0 Å². The summed E-state index contributed by atoms with van der Waals surface area (Å²) >= 11 is 0. The minimum atomic E-state index is -0.202. The first kappa shape index (κ1) is 17.2. The molecule has 3 atom stereocenters. The summed E-state index contributed by atoms with van der Waals surface area (Å²) in [7, 11) is 0. The largest absolute Gasteiger partial charge is 0.349 e. The highest BCUT2D eigenvalue weighted by Crippen LogP contribution is 2.18. The SMILES string of the molecule is Cc1cc(C)n(-c2ccc(C(C)NC(=O)C(C)C(C)N)cc2)n1. The zero-order valence-corrected chi connectivity index (χ0v) is 14.5. The van der Waals surface area contributed by atoms with Crippen molar-refractivity contribution in [1.82, 2.24) is 15.1 Å². The van der Waals surface area contributed by atoms with Crippen LogP contribution < -0.4 is 11.1 Å². The van der Waals surface area contributed by atoms with E-state index in [0.717, 1.165) is 22.6 Å². The van der Waals surface area contributed by atoms with Gasteiger partial charge in [0, 0.05) is 17.7 Å². The number of aromatic nitrogens is 2. The van der Waals surface area contributed by atoms with Crippen molar-refractivity contribution in [3.63, 3.8) is 0 Å². The molecule has 1 aromatic heterocycles. The van der Waals surface area contributed by atoms with Crippen molar-refractivity contribution in [3.8, 4) is 5.69 Å². The van der Waals surface area contributed by atoms with Crippen molar-refractivity contribution in [2.45, 2.75) is 46.7 Å². The van der Waals surface area contributed by atoms with Gasteiger partial charge >= 0.3 is 0 Å². The Hall–Kier alpha value is -2.14. The molecular weight excluding hydrogens is 288 g/mol. The third-order valence-corrected chi connectivity index (χ3v) is 4.21. The van der Waals surface area contributed by atoms with Gasteiger partial charge in [-0.05, 0) is 51.5 Å². The zero-order valence-electron chi connectivity index (χ0n) is 14.5. The summed E-state index contributed by atoms with van der Waals surface area (Å²) in [5, 5.41) is 7.49. The van der Waals surface area contributed by atoms with Gasteiger partial charge in [-0.15, -0.1) is 0 Å². The Labute approximate surface area is 137 Å². The molecule has 0 aliphatic heterocycles. The van der Waals surface area contributed by atoms with Gasteiger partial charge < -0.3 is 11.1 Å². The van der Waals surface area contributed by atoms with Gasteiger partial charge in [-0.2, -0.15) is 5.10 Å². The molecular formula is C18H26N4O. The van der Waals surface area contributed by atoms with Crippen LogP contribution in [0.25, 0.3) is 5.69 Å². The van der Waals surface area contributed by atoms with Gasteiger partial charge in [-0.3, -0.25) is 4.79 Å². The number of nitrogens with zero attached hydrogens (tertiary/aromatic N) is 2. The Morgan fingerprint density at radius 3 is 2.26 bits per heavy atom. The number of amides is 1. The van der Waals surface area contributed by atoms with Crippen LogP contribution in [0.5, 0.6) is 0 Å². The Morgan fingerprint density at radius 2 is 1.78 bits per heavy atom. The van der Waals surface area contributed by atoms with Crippen LogP contribution in [-0.2, 0) is 4.79 Å². The second-order valence-corrected chi connectivity index (χ2v) is 6.31. The molecule has 2 rings (SSSR count). The molecule has 0 radical (unpaired) electrons. The molecule has 0 saturated carbocycles. The molecule has 5 nitrogen and oxygen atoms in total. The van der Waals surface area contributed by atoms with E-state index in [1.165, 1.54) is 0 Å². The van der Waals surface area contributed by atoms with Crippen LogP contribution >= 0.6 is 0 Å². The summed E-state index contributed by atoms with van der Waals surface area (Å²) in [4.78, 5) is 12.1. The Kier molecular flexibility index (Phi) is 5.21. The molecule has 2 aromatic rings. The second-order valence-electron chi connectivity index (χ2n) is 6.31. The summed E-state index contributed by atoms with van der Waals surface area (Å²) in [5.41, 5.74) is 9.95. The van der Waals surface area contributed by atoms with Crippen LogP contribution in [0.1, 0.15) is 43.8 Å². The Bertz CT molecular complexity index is 673. The van der Waals surface area contributed by atoms with Gasteiger partial charge in [0.2, 0.25) is 5.91 Å². The molecule has 3 unspecified atom stereocenters. The maximum Gasteiger partial charge on any atom is 0.224 e. The predicted molar refractivity (Wildman–Crippen MR) is 92.4 cm³/mol. The van der Waals surface area contributed by atoms with Gasteiger partial charge in [0.05, 0.1) is 17.4 Å². The topological polar surface area (TPSA) is 72.9 Å². The number of rotatable bonds is 5. The lowest BCUT2D eigenvalue weighted by atomic mass is 10.0. The number of nitrogens with two attached hydrogens (primary N) is 1. The number of aryl methyl sites for hydroxylation is 2. The van der Waals surface area contributed by atoms with E-state index < -0.39 is 0 Å². The maximum absolute atomic E-state index is 12.1. The summed E-state index contributed by atoms with van der Waals surface area (Å²) in [6.45, 7) is 9.68. The van der Waals surface area contributed by atoms with Crippen molar-refractivity contribution in [3.05, 3.63) is 47.3 Å². The minimum absolute atomic E-state index is 0.0184. The molecule has 23 heavy (non-hydrogen) atoms. The molecule has 5 heteroatoms. The predicted octanol–water partition coefficient (Wildman–Crippen LogP) is 2.65. The molecule has 0 fully saturated rings. The lowest BCUT2D eigenvalue weighted by molar-refractivity contribution is -0.125. The lowest BCUT2D eigenvalue weighted by Gasteiger charge is -2.20. The molecule has 0 aliphatic carbocycles. The Morgan fingerprint density at radius 1 is 1.17 bits per heavy atom. The molecule has 0 saturated heterocycles. The van der Waals surface area contributed by atoms with E-state index in [1.807, 2.05) is 69.6 Å². The van der Waals surface area contributed by atoms with E-state index in [2.05, 4.69) is 10.4 Å². The molecule has 3 N–H and O–H groups in total. The standard InChI is InChI=1S/C18H26N4O/c1-11-10-12(2)22(21-11)17-8-6-16(7-9-17)15(5)20-18(23)13(3)14(4)19/h6-10,13-15H,19H2,1-5H3,(H,20,23). The summed E-state index contributed by atoms with van der Waals surface area (Å²) in [5.74, 6) is -0.221. The molecule has 124 valence electrons. The molecule has 0 aliphatic rings. The normalized spacial score (nSPS) is 15.0. The van der Waals surface area contributed by atoms with Crippen LogP contribution in [0.4, 0.5) is 0 Å². The minimum Gasteiger partial charge on any atom is -0.349 e. The van der Waals surface area contributed by atoms with E-state index >= 15 is 0 Å². The number of benzene rings is 1. The third-order valence-electron chi connectivity index (χ3n) is 4.21. The summed E-state index contributed by atoms with van der Waals surface area (Å²) in [6, 6.07) is 9.92. The Balaban J connectivity index is 2.10. The van der Waals surface area contributed by atoms with Gasteiger partial charge in [-0.25, -0.2) is 4.68 Å².